The van der Waals surface area contributed by atoms with Crippen LogP contribution in [0.2, 0.25) is 5.02 Å². The lowest BCUT2D eigenvalue weighted by Crippen LogP contribution is -2.26. The summed E-state index contributed by atoms with van der Waals surface area (Å²) in [5, 5.41) is 4.50. The zero-order chi connectivity index (χ0) is 21.1. The summed E-state index contributed by atoms with van der Waals surface area (Å²) < 4.78 is 6.81. The number of hydrogen-bond donors (Lipinski definition) is 1. The van der Waals surface area contributed by atoms with Crippen LogP contribution in [0.15, 0.2) is 28.3 Å². The number of carbonyl (C=O) groups excluding carboxylic acids is 1. The number of rotatable bonds is 7. The molecule has 3 heterocycles. The summed E-state index contributed by atoms with van der Waals surface area (Å²) in [5.74, 6) is 0.310. The van der Waals surface area contributed by atoms with Crippen molar-refractivity contribution in [3.05, 3.63) is 44.1 Å². The summed E-state index contributed by atoms with van der Waals surface area (Å²) >= 11 is 8.67. The zero-order valence-electron chi connectivity index (χ0n) is 16.4. The fourth-order valence-corrected chi connectivity index (χ4v) is 5.71. The molecule has 0 fully saturated rings. The van der Waals surface area contributed by atoms with Crippen LogP contribution >= 0.6 is 34.7 Å². The van der Waals surface area contributed by atoms with Crippen molar-refractivity contribution < 1.29 is 9.53 Å². The van der Waals surface area contributed by atoms with E-state index < -0.39 is 0 Å². The van der Waals surface area contributed by atoms with Crippen LogP contribution in [0.3, 0.4) is 0 Å². The molecule has 0 aliphatic heterocycles. The van der Waals surface area contributed by atoms with Crippen molar-refractivity contribution in [1.82, 2.24) is 14.5 Å². The molecule has 3 aromatic heterocycles. The lowest BCUT2D eigenvalue weighted by Gasteiger charge is -2.13. The SMILES string of the molecule is COCCn1c(SCC(=O)Nc2ccc(Cl)cn2)nc2sc3c(c2c1=O)CCCC3. The van der Waals surface area contributed by atoms with Crippen LogP contribution in [0.4, 0.5) is 5.82 Å². The third-order valence-corrected chi connectivity index (χ3v) is 7.27. The molecule has 1 aliphatic rings. The lowest BCUT2D eigenvalue weighted by molar-refractivity contribution is -0.113. The van der Waals surface area contributed by atoms with Crippen molar-refractivity contribution in [2.45, 2.75) is 37.4 Å². The van der Waals surface area contributed by atoms with Crippen LogP contribution in [0, 0.1) is 0 Å². The van der Waals surface area contributed by atoms with Crippen molar-refractivity contribution in [2.75, 3.05) is 24.8 Å². The van der Waals surface area contributed by atoms with Gasteiger partial charge in [0.1, 0.15) is 10.6 Å². The fourth-order valence-electron chi connectivity index (χ4n) is 3.47. The van der Waals surface area contributed by atoms with E-state index in [9.17, 15) is 9.59 Å². The first kappa shape index (κ1) is 21.3. The molecular weight excluding hydrogens is 444 g/mol. The Labute approximate surface area is 186 Å². The average molecular weight is 465 g/mol. The number of aromatic nitrogens is 3. The highest BCUT2D eigenvalue weighted by atomic mass is 35.5. The van der Waals surface area contributed by atoms with Gasteiger partial charge in [-0.3, -0.25) is 14.2 Å². The largest absolute Gasteiger partial charge is 0.383 e. The quantitative estimate of drug-likeness (QED) is 0.423. The molecule has 0 bridgehead atoms. The van der Waals surface area contributed by atoms with E-state index in [-0.39, 0.29) is 17.2 Å². The molecule has 0 atom stereocenters. The Morgan fingerprint density at radius 1 is 1.37 bits per heavy atom. The van der Waals surface area contributed by atoms with Gasteiger partial charge in [0, 0.05) is 18.2 Å². The highest BCUT2D eigenvalue weighted by Crippen LogP contribution is 2.34. The second kappa shape index (κ2) is 9.47. The molecule has 3 aromatic rings. The van der Waals surface area contributed by atoms with E-state index in [2.05, 4.69) is 10.3 Å². The molecule has 30 heavy (non-hydrogen) atoms. The van der Waals surface area contributed by atoms with Gasteiger partial charge in [0.15, 0.2) is 5.16 Å². The molecule has 7 nitrogen and oxygen atoms in total. The summed E-state index contributed by atoms with van der Waals surface area (Å²) in [6, 6.07) is 3.30. The Kier molecular flexibility index (Phi) is 6.72. The number of carbonyl (C=O) groups is 1. The number of thiophene rings is 1. The van der Waals surface area contributed by atoms with Gasteiger partial charge in [-0.05, 0) is 43.4 Å². The number of anilines is 1. The number of thioether (sulfide) groups is 1. The maximum absolute atomic E-state index is 13.3. The Morgan fingerprint density at radius 3 is 2.97 bits per heavy atom. The monoisotopic (exact) mass is 464 g/mol. The van der Waals surface area contributed by atoms with Crippen molar-refractivity contribution in [3.63, 3.8) is 0 Å². The van der Waals surface area contributed by atoms with Crippen molar-refractivity contribution >= 4 is 56.6 Å². The van der Waals surface area contributed by atoms with E-state index in [1.54, 1.807) is 35.1 Å². The number of aryl methyl sites for hydroxylation is 2. The van der Waals surface area contributed by atoms with Crippen LogP contribution in [-0.4, -0.2) is 39.9 Å². The van der Waals surface area contributed by atoms with Crippen LogP contribution in [0.1, 0.15) is 23.3 Å². The predicted molar refractivity (Wildman–Crippen MR) is 121 cm³/mol. The van der Waals surface area contributed by atoms with E-state index in [1.165, 1.54) is 22.8 Å². The lowest BCUT2D eigenvalue weighted by atomic mass is 9.97. The normalized spacial score (nSPS) is 13.4. The molecule has 4 rings (SSSR count). The Balaban J connectivity index is 1.59. The van der Waals surface area contributed by atoms with Gasteiger partial charge in [0.2, 0.25) is 5.91 Å². The number of fused-ring (bicyclic) bond motifs is 3. The maximum Gasteiger partial charge on any atom is 0.263 e. The molecule has 0 saturated heterocycles. The molecule has 10 heteroatoms. The first-order valence-electron chi connectivity index (χ1n) is 9.65. The number of amides is 1. The number of nitrogens with zero attached hydrogens (tertiary/aromatic N) is 3. The maximum atomic E-state index is 13.3. The second-order valence-corrected chi connectivity index (χ2v) is 9.40. The van der Waals surface area contributed by atoms with E-state index in [0.717, 1.165) is 41.5 Å². The van der Waals surface area contributed by atoms with Crippen molar-refractivity contribution in [2.24, 2.45) is 0 Å². The van der Waals surface area contributed by atoms with Crippen LogP contribution < -0.4 is 10.9 Å². The fraction of sp³-hybridized carbons (Fsp3) is 0.400. The number of methoxy groups -OCH3 is 1. The first-order valence-corrected chi connectivity index (χ1v) is 11.8. The van der Waals surface area contributed by atoms with E-state index in [0.29, 0.717) is 29.1 Å². The second-order valence-electron chi connectivity index (χ2n) is 6.93. The number of pyridine rings is 1. The highest BCUT2D eigenvalue weighted by Gasteiger charge is 2.22. The topological polar surface area (TPSA) is 86.1 Å². The Hall–Kier alpha value is -1.94. The molecule has 1 N–H and O–H groups in total. The van der Waals surface area contributed by atoms with Gasteiger partial charge < -0.3 is 10.1 Å². The summed E-state index contributed by atoms with van der Waals surface area (Å²) in [5.41, 5.74) is 1.12. The molecule has 1 amide bonds. The molecule has 0 saturated carbocycles. The third kappa shape index (κ3) is 4.54. The number of nitrogens with one attached hydrogen (secondary N) is 1. The number of halogens is 1. The van der Waals surface area contributed by atoms with Gasteiger partial charge >= 0.3 is 0 Å². The third-order valence-electron chi connectivity index (χ3n) is 4.89. The van der Waals surface area contributed by atoms with Crippen LogP contribution in [-0.2, 0) is 28.9 Å². The highest BCUT2D eigenvalue weighted by molar-refractivity contribution is 7.99. The average Bonchev–Trinajstić information content (AvgIpc) is 3.12. The number of ether oxygens (including phenoxy) is 1. The number of hydrogen-bond acceptors (Lipinski definition) is 7. The van der Waals surface area contributed by atoms with E-state index in [4.69, 9.17) is 21.3 Å². The summed E-state index contributed by atoms with van der Waals surface area (Å²) in [7, 11) is 1.60. The molecule has 0 unspecified atom stereocenters. The predicted octanol–water partition coefficient (Wildman–Crippen LogP) is 3.76. The summed E-state index contributed by atoms with van der Waals surface area (Å²) in [6.45, 7) is 0.791. The van der Waals surface area contributed by atoms with Gasteiger partial charge in [0.05, 0.1) is 29.3 Å². The van der Waals surface area contributed by atoms with Crippen molar-refractivity contribution in [3.8, 4) is 0 Å². The molecular formula is C20H21ClN4O3S2. The summed E-state index contributed by atoms with van der Waals surface area (Å²) in [6.07, 6.45) is 5.66. The van der Waals surface area contributed by atoms with Crippen LogP contribution in [0.5, 0.6) is 0 Å². The Bertz CT molecular complexity index is 1130. The smallest absolute Gasteiger partial charge is 0.263 e. The first-order chi connectivity index (χ1) is 14.6. The van der Waals surface area contributed by atoms with E-state index >= 15 is 0 Å². The molecule has 0 spiro atoms. The summed E-state index contributed by atoms with van der Waals surface area (Å²) in [4.78, 5) is 36.5. The minimum atomic E-state index is -0.229. The van der Waals surface area contributed by atoms with Crippen molar-refractivity contribution in [1.29, 1.82) is 0 Å². The van der Waals surface area contributed by atoms with Gasteiger partial charge in [-0.2, -0.15) is 0 Å². The van der Waals surface area contributed by atoms with Gasteiger partial charge in [-0.1, -0.05) is 23.4 Å². The minimum absolute atomic E-state index is 0.0428. The van der Waals surface area contributed by atoms with Gasteiger partial charge in [-0.25, -0.2) is 9.97 Å². The van der Waals surface area contributed by atoms with E-state index in [1.807, 2.05) is 0 Å². The Morgan fingerprint density at radius 2 is 2.20 bits per heavy atom. The van der Waals surface area contributed by atoms with Crippen LogP contribution in [0.25, 0.3) is 10.2 Å². The molecule has 0 radical (unpaired) electrons. The molecule has 158 valence electrons. The minimum Gasteiger partial charge on any atom is -0.383 e. The zero-order valence-corrected chi connectivity index (χ0v) is 18.8. The molecule has 1 aliphatic carbocycles. The van der Waals surface area contributed by atoms with Gasteiger partial charge in [0.25, 0.3) is 5.56 Å². The standard InChI is InChI=1S/C20H21ClN4O3S2/c1-28-9-8-25-19(27)17-13-4-2-3-5-14(13)30-18(17)24-20(25)29-11-16(26)23-15-7-6-12(21)10-22-15/h6-7,10H,2-5,8-9,11H2,1H3,(H,22,23,26). The molecule has 0 aromatic carbocycles. The van der Waals surface area contributed by atoms with Gasteiger partial charge in [-0.15, -0.1) is 11.3 Å².